The van der Waals surface area contributed by atoms with E-state index in [1.165, 1.54) is 0 Å². The topological polar surface area (TPSA) is 35.2 Å². The van der Waals surface area contributed by atoms with Crippen molar-refractivity contribution in [1.29, 1.82) is 0 Å². The molecule has 0 aliphatic rings. The van der Waals surface area contributed by atoms with Crippen molar-refractivity contribution in [2.45, 2.75) is 13.8 Å². The van der Waals surface area contributed by atoms with E-state index in [0.29, 0.717) is 22.2 Å². The summed E-state index contributed by atoms with van der Waals surface area (Å²) >= 11 is 6.10. The Labute approximate surface area is 106 Å². The maximum Gasteiger partial charge on any atom is 0.150 e. The first-order valence-corrected chi connectivity index (χ1v) is 5.74. The first-order valence-electron chi connectivity index (χ1n) is 5.36. The van der Waals surface area contributed by atoms with Crippen LogP contribution in [0.5, 0.6) is 11.5 Å². The van der Waals surface area contributed by atoms with E-state index in [4.69, 9.17) is 22.1 Å². The summed E-state index contributed by atoms with van der Waals surface area (Å²) in [7, 11) is 0. The van der Waals surface area contributed by atoms with Crippen molar-refractivity contribution in [2.75, 3.05) is 5.73 Å². The Morgan fingerprint density at radius 3 is 2.12 bits per heavy atom. The molecular weight excluding hydrogens is 234 g/mol. The molecule has 17 heavy (non-hydrogen) atoms. The minimum atomic E-state index is 0.588. The van der Waals surface area contributed by atoms with Gasteiger partial charge in [-0.15, -0.1) is 0 Å². The van der Waals surface area contributed by atoms with Crippen LogP contribution in [0.25, 0.3) is 0 Å². The summed E-state index contributed by atoms with van der Waals surface area (Å²) in [5, 5.41) is 0.588. The monoisotopic (exact) mass is 247 g/mol. The fourth-order valence-electron chi connectivity index (χ4n) is 1.57. The summed E-state index contributed by atoms with van der Waals surface area (Å²) < 4.78 is 5.69. The molecule has 0 fully saturated rings. The zero-order valence-corrected chi connectivity index (χ0v) is 10.6. The van der Waals surface area contributed by atoms with Gasteiger partial charge in [0, 0.05) is 0 Å². The summed E-state index contributed by atoms with van der Waals surface area (Å²) in [6, 6.07) is 11.3. The number of aryl methyl sites for hydroxylation is 2. The highest BCUT2D eigenvalue weighted by atomic mass is 35.5. The van der Waals surface area contributed by atoms with Crippen LogP contribution in [0.15, 0.2) is 36.4 Å². The third kappa shape index (κ3) is 2.71. The molecule has 0 atom stereocenters. The molecule has 3 heteroatoms. The maximum absolute atomic E-state index is 6.10. The average Bonchev–Trinajstić information content (AvgIpc) is 2.25. The predicted octanol–water partition coefficient (Wildman–Crippen LogP) is 4.33. The van der Waals surface area contributed by atoms with Gasteiger partial charge in [0.05, 0.1) is 10.7 Å². The van der Waals surface area contributed by atoms with Gasteiger partial charge < -0.3 is 10.5 Å². The van der Waals surface area contributed by atoms with Gasteiger partial charge in [0.1, 0.15) is 11.5 Å². The van der Waals surface area contributed by atoms with Gasteiger partial charge >= 0.3 is 0 Å². The van der Waals surface area contributed by atoms with Crippen LogP contribution >= 0.6 is 11.6 Å². The SMILES string of the molecule is Cc1ccc(Oc2ccc(C)cc2Cl)c(N)c1. The zero-order chi connectivity index (χ0) is 12.4. The van der Waals surface area contributed by atoms with Crippen LogP contribution < -0.4 is 10.5 Å². The Kier molecular flexibility index (Phi) is 3.25. The molecule has 0 heterocycles. The van der Waals surface area contributed by atoms with Gasteiger partial charge in [-0.1, -0.05) is 23.7 Å². The predicted molar refractivity (Wildman–Crippen MR) is 71.9 cm³/mol. The molecular formula is C14H14ClNO. The smallest absolute Gasteiger partial charge is 0.150 e. The molecule has 0 unspecified atom stereocenters. The van der Waals surface area contributed by atoms with E-state index in [2.05, 4.69) is 0 Å². The molecule has 88 valence electrons. The van der Waals surface area contributed by atoms with Gasteiger partial charge in [0.25, 0.3) is 0 Å². The number of ether oxygens (including phenoxy) is 1. The van der Waals surface area contributed by atoms with E-state index in [9.17, 15) is 0 Å². The molecule has 0 aliphatic carbocycles. The van der Waals surface area contributed by atoms with Gasteiger partial charge in [-0.25, -0.2) is 0 Å². The summed E-state index contributed by atoms with van der Waals surface area (Å²) in [5.74, 6) is 1.24. The molecule has 0 aliphatic heterocycles. The van der Waals surface area contributed by atoms with Gasteiger partial charge in [-0.3, -0.25) is 0 Å². The fraction of sp³-hybridized carbons (Fsp3) is 0.143. The van der Waals surface area contributed by atoms with E-state index >= 15 is 0 Å². The Morgan fingerprint density at radius 1 is 0.941 bits per heavy atom. The third-order valence-corrected chi connectivity index (χ3v) is 2.77. The maximum atomic E-state index is 6.10. The van der Waals surface area contributed by atoms with Crippen molar-refractivity contribution in [3.8, 4) is 11.5 Å². The van der Waals surface area contributed by atoms with Gasteiger partial charge in [0.15, 0.2) is 0 Å². The molecule has 2 aromatic rings. The average molecular weight is 248 g/mol. The minimum absolute atomic E-state index is 0.588. The highest BCUT2D eigenvalue weighted by Crippen LogP contribution is 2.33. The minimum Gasteiger partial charge on any atom is -0.454 e. The van der Waals surface area contributed by atoms with Crippen molar-refractivity contribution in [2.24, 2.45) is 0 Å². The van der Waals surface area contributed by atoms with Gasteiger partial charge in [0.2, 0.25) is 0 Å². The number of hydrogen-bond acceptors (Lipinski definition) is 2. The zero-order valence-electron chi connectivity index (χ0n) is 9.83. The number of nitrogen functional groups attached to an aromatic ring is 1. The van der Waals surface area contributed by atoms with Gasteiger partial charge in [-0.2, -0.15) is 0 Å². The Balaban J connectivity index is 2.31. The van der Waals surface area contributed by atoms with E-state index in [-0.39, 0.29) is 0 Å². The van der Waals surface area contributed by atoms with Crippen molar-refractivity contribution >= 4 is 17.3 Å². The van der Waals surface area contributed by atoms with Crippen LogP contribution in [0.3, 0.4) is 0 Å². The van der Waals surface area contributed by atoms with Crippen LogP contribution in [-0.2, 0) is 0 Å². The molecule has 0 saturated heterocycles. The third-order valence-electron chi connectivity index (χ3n) is 2.47. The van der Waals surface area contributed by atoms with Gasteiger partial charge in [-0.05, 0) is 49.2 Å². The number of benzene rings is 2. The second-order valence-corrected chi connectivity index (χ2v) is 4.48. The molecule has 2 nitrogen and oxygen atoms in total. The number of halogens is 1. The lowest BCUT2D eigenvalue weighted by atomic mass is 10.2. The van der Waals surface area contributed by atoms with Crippen LogP contribution in [-0.4, -0.2) is 0 Å². The molecule has 2 rings (SSSR count). The molecule has 0 saturated carbocycles. The molecule has 0 bridgehead atoms. The Hall–Kier alpha value is -1.67. The summed E-state index contributed by atoms with van der Waals surface area (Å²) in [6.07, 6.45) is 0. The van der Waals surface area contributed by atoms with Crippen LogP contribution in [0, 0.1) is 13.8 Å². The summed E-state index contributed by atoms with van der Waals surface area (Å²) in [5.41, 5.74) is 8.69. The quantitative estimate of drug-likeness (QED) is 0.802. The fourth-order valence-corrected chi connectivity index (χ4v) is 1.84. The van der Waals surface area contributed by atoms with Crippen LogP contribution in [0.1, 0.15) is 11.1 Å². The van der Waals surface area contributed by atoms with E-state index in [1.807, 2.05) is 50.2 Å². The molecule has 0 spiro atoms. The Bertz CT molecular complexity index is 502. The van der Waals surface area contributed by atoms with Crippen molar-refractivity contribution in [3.05, 3.63) is 52.5 Å². The highest BCUT2D eigenvalue weighted by Gasteiger charge is 2.06. The summed E-state index contributed by atoms with van der Waals surface area (Å²) in [6.45, 7) is 3.97. The summed E-state index contributed by atoms with van der Waals surface area (Å²) in [4.78, 5) is 0. The van der Waals surface area contributed by atoms with Crippen molar-refractivity contribution < 1.29 is 4.74 Å². The molecule has 2 N–H and O–H groups in total. The first-order chi connectivity index (χ1) is 8.06. The number of nitrogens with two attached hydrogens (primary N) is 1. The molecule has 2 aromatic carbocycles. The van der Waals surface area contributed by atoms with E-state index in [0.717, 1.165) is 11.1 Å². The lowest BCUT2D eigenvalue weighted by molar-refractivity contribution is 0.485. The van der Waals surface area contributed by atoms with Crippen LogP contribution in [0.4, 0.5) is 5.69 Å². The standard InChI is InChI=1S/C14H14ClNO/c1-9-3-5-13(11(15)7-9)17-14-6-4-10(2)8-12(14)16/h3-8H,16H2,1-2H3. The number of anilines is 1. The second-order valence-electron chi connectivity index (χ2n) is 4.08. The van der Waals surface area contributed by atoms with Crippen LogP contribution in [0.2, 0.25) is 5.02 Å². The highest BCUT2D eigenvalue weighted by molar-refractivity contribution is 6.32. The van der Waals surface area contributed by atoms with Crippen molar-refractivity contribution in [1.82, 2.24) is 0 Å². The lowest BCUT2D eigenvalue weighted by Crippen LogP contribution is -1.93. The normalized spacial score (nSPS) is 10.3. The lowest BCUT2D eigenvalue weighted by Gasteiger charge is -2.10. The molecule has 0 amide bonds. The second kappa shape index (κ2) is 4.68. The van der Waals surface area contributed by atoms with E-state index in [1.54, 1.807) is 0 Å². The molecule has 0 radical (unpaired) electrons. The number of hydrogen-bond donors (Lipinski definition) is 1. The van der Waals surface area contributed by atoms with Crippen molar-refractivity contribution in [3.63, 3.8) is 0 Å². The Morgan fingerprint density at radius 2 is 1.53 bits per heavy atom. The van der Waals surface area contributed by atoms with E-state index < -0.39 is 0 Å². The molecule has 0 aromatic heterocycles. The number of rotatable bonds is 2. The first kappa shape index (κ1) is 11.8. The largest absolute Gasteiger partial charge is 0.454 e.